The van der Waals surface area contributed by atoms with Gasteiger partial charge < -0.3 is 36.7 Å². The Hall–Kier alpha value is -2.73. The Kier molecular flexibility index (Phi) is 14.9. The molecule has 2 rings (SSSR count). The van der Waals surface area contributed by atoms with Crippen LogP contribution in [0, 0.1) is 29.1 Å². The Morgan fingerprint density at radius 3 is 2.30 bits per heavy atom. The van der Waals surface area contributed by atoms with Gasteiger partial charge in [-0.1, -0.05) is 39.8 Å². The first-order valence-electron chi connectivity index (χ1n) is 15.5. The summed E-state index contributed by atoms with van der Waals surface area (Å²) < 4.78 is 11.4. The Balaban J connectivity index is 1.93. The van der Waals surface area contributed by atoms with Crippen LogP contribution in [0.2, 0.25) is 0 Å². The lowest BCUT2D eigenvalue weighted by molar-refractivity contribution is -0.130. The van der Waals surface area contributed by atoms with Crippen LogP contribution in [0.4, 0.5) is 0 Å². The van der Waals surface area contributed by atoms with Gasteiger partial charge in [-0.3, -0.25) is 19.3 Å². The summed E-state index contributed by atoms with van der Waals surface area (Å²) in [5, 5.41) is 16.9. The van der Waals surface area contributed by atoms with Crippen LogP contribution >= 0.6 is 0 Å². The minimum absolute atomic E-state index is 0.00527. The van der Waals surface area contributed by atoms with Crippen molar-refractivity contribution in [3.05, 3.63) is 29.8 Å². The molecule has 0 bridgehead atoms. The Morgan fingerprint density at radius 2 is 1.70 bits per heavy atom. The summed E-state index contributed by atoms with van der Waals surface area (Å²) in [5.41, 5.74) is 11.5. The summed E-state index contributed by atoms with van der Waals surface area (Å²) in [6.45, 7) is 16.2. The molecule has 11 heteroatoms. The Bertz CT molecular complexity index is 1030. The highest BCUT2D eigenvalue weighted by molar-refractivity contribution is 5.96. The number of rotatable bonds is 18. The zero-order valence-electron chi connectivity index (χ0n) is 26.9. The molecule has 7 N–H and O–H groups in total. The van der Waals surface area contributed by atoms with Gasteiger partial charge in [0.05, 0.1) is 30.3 Å². The third-order valence-electron chi connectivity index (χ3n) is 8.45. The number of hydrogen-bond donors (Lipinski definition) is 5. The molecule has 0 saturated carbocycles. The largest absolute Gasteiger partial charge is 0.491 e. The van der Waals surface area contributed by atoms with E-state index in [0.717, 1.165) is 32.8 Å². The monoisotopic (exact) mass is 605 g/mol. The lowest BCUT2D eigenvalue weighted by Crippen LogP contribution is -2.47. The number of aliphatic hydroxyl groups excluding tert-OH is 1. The van der Waals surface area contributed by atoms with E-state index in [2.05, 4.69) is 29.4 Å². The number of nitrogens with zero attached hydrogens (tertiary/aromatic N) is 1. The van der Waals surface area contributed by atoms with Gasteiger partial charge in [0.15, 0.2) is 0 Å². The molecule has 1 aliphatic rings. The third kappa shape index (κ3) is 12.1. The van der Waals surface area contributed by atoms with Crippen LogP contribution < -0.4 is 26.8 Å². The Labute approximate surface area is 257 Å². The van der Waals surface area contributed by atoms with Crippen LogP contribution in [0.25, 0.3) is 0 Å². The van der Waals surface area contributed by atoms with Crippen LogP contribution in [0.1, 0.15) is 64.7 Å². The van der Waals surface area contributed by atoms with E-state index in [1.54, 1.807) is 26.0 Å². The first-order valence-corrected chi connectivity index (χ1v) is 15.5. The average Bonchev–Trinajstić information content (AvgIpc) is 2.96. The van der Waals surface area contributed by atoms with Gasteiger partial charge in [0.2, 0.25) is 11.8 Å². The molecule has 0 aliphatic carbocycles. The fourth-order valence-corrected chi connectivity index (χ4v) is 4.95. The van der Waals surface area contributed by atoms with E-state index in [9.17, 15) is 19.5 Å². The number of para-hydroxylation sites is 1. The van der Waals surface area contributed by atoms with Gasteiger partial charge in [0.25, 0.3) is 5.91 Å². The van der Waals surface area contributed by atoms with Crippen LogP contribution in [0.3, 0.4) is 0 Å². The van der Waals surface area contributed by atoms with E-state index in [0.29, 0.717) is 30.9 Å². The standard InChI is InChI=1S/C32H55N5O6/c1-21(2)23(17-26(33)27(38)18-25(22(3)4)30(40)36-20-32(5,6)31(34)41)19-35-29(39)24-9-7-8-10-28(24)43-16-13-37-11-14-42-15-12-37/h7-10,21-23,25-27,38H,11-20,33H2,1-6H3,(H2,34,41)(H,35,39)(H,36,40). The molecule has 1 heterocycles. The van der Waals surface area contributed by atoms with E-state index in [4.69, 9.17) is 20.9 Å². The molecule has 11 nitrogen and oxygen atoms in total. The van der Waals surface area contributed by atoms with Crippen molar-refractivity contribution in [2.24, 2.45) is 40.6 Å². The molecule has 0 aromatic heterocycles. The minimum Gasteiger partial charge on any atom is -0.491 e. The van der Waals surface area contributed by atoms with Gasteiger partial charge in [0.1, 0.15) is 12.4 Å². The second-order valence-electron chi connectivity index (χ2n) is 13.0. The van der Waals surface area contributed by atoms with Crippen molar-refractivity contribution in [2.75, 3.05) is 52.5 Å². The maximum Gasteiger partial charge on any atom is 0.255 e. The number of carbonyl (C=O) groups is 3. The maximum absolute atomic E-state index is 13.2. The van der Waals surface area contributed by atoms with E-state index in [1.165, 1.54) is 0 Å². The van der Waals surface area contributed by atoms with E-state index < -0.39 is 29.4 Å². The minimum atomic E-state index is -0.917. The van der Waals surface area contributed by atoms with Crippen LogP contribution in [0.15, 0.2) is 24.3 Å². The Morgan fingerprint density at radius 1 is 1.05 bits per heavy atom. The quantitative estimate of drug-likeness (QED) is 0.169. The van der Waals surface area contributed by atoms with Crippen molar-refractivity contribution in [3.8, 4) is 5.75 Å². The number of hydrogen-bond acceptors (Lipinski definition) is 8. The molecule has 244 valence electrons. The van der Waals surface area contributed by atoms with Crippen LogP contribution in [-0.4, -0.2) is 92.4 Å². The molecule has 0 spiro atoms. The molecule has 3 amide bonds. The fraction of sp³-hybridized carbons (Fsp3) is 0.719. The topological polar surface area (TPSA) is 169 Å². The van der Waals surface area contributed by atoms with Gasteiger partial charge >= 0.3 is 0 Å². The zero-order chi connectivity index (χ0) is 32.2. The summed E-state index contributed by atoms with van der Waals surface area (Å²) in [7, 11) is 0. The summed E-state index contributed by atoms with van der Waals surface area (Å²) in [6.07, 6.45) is -0.258. The number of benzene rings is 1. The van der Waals surface area contributed by atoms with Gasteiger partial charge in [-0.15, -0.1) is 0 Å². The molecular weight excluding hydrogens is 550 g/mol. The number of nitrogens with one attached hydrogen (secondary N) is 2. The average molecular weight is 606 g/mol. The van der Waals surface area contributed by atoms with E-state index in [1.807, 2.05) is 26.0 Å². The van der Waals surface area contributed by atoms with Crippen LogP contribution in [-0.2, 0) is 14.3 Å². The maximum atomic E-state index is 13.2. The highest BCUT2D eigenvalue weighted by Gasteiger charge is 2.32. The molecule has 0 radical (unpaired) electrons. The van der Waals surface area contributed by atoms with E-state index >= 15 is 0 Å². The predicted octanol–water partition coefficient (Wildman–Crippen LogP) is 1.77. The van der Waals surface area contributed by atoms with Crippen molar-refractivity contribution in [1.29, 1.82) is 0 Å². The van der Waals surface area contributed by atoms with Crippen molar-refractivity contribution >= 4 is 17.7 Å². The molecule has 1 saturated heterocycles. The lowest BCUT2D eigenvalue weighted by Gasteiger charge is -2.30. The molecule has 4 unspecified atom stereocenters. The molecule has 1 aromatic rings. The summed E-state index contributed by atoms with van der Waals surface area (Å²) in [6, 6.07) is 6.63. The molecule has 4 atom stereocenters. The second-order valence-corrected chi connectivity index (χ2v) is 13.0. The van der Waals surface area contributed by atoms with Crippen molar-refractivity contribution in [1.82, 2.24) is 15.5 Å². The van der Waals surface area contributed by atoms with E-state index in [-0.39, 0.29) is 42.5 Å². The first kappa shape index (κ1) is 36.5. The first-order chi connectivity index (χ1) is 20.2. The summed E-state index contributed by atoms with van der Waals surface area (Å²) in [4.78, 5) is 40.0. The number of ether oxygens (including phenoxy) is 2. The number of primary amides is 1. The second kappa shape index (κ2) is 17.5. The normalized spacial score (nSPS) is 17.3. The number of aliphatic hydroxyl groups is 1. The number of amides is 3. The van der Waals surface area contributed by atoms with Crippen LogP contribution in [0.5, 0.6) is 5.75 Å². The highest BCUT2D eigenvalue weighted by Crippen LogP contribution is 2.24. The van der Waals surface area contributed by atoms with Gasteiger partial charge in [0, 0.05) is 44.7 Å². The van der Waals surface area contributed by atoms with Gasteiger partial charge in [-0.2, -0.15) is 0 Å². The molecule has 1 aromatic carbocycles. The molecule has 1 fully saturated rings. The molecule has 1 aliphatic heterocycles. The number of nitrogens with two attached hydrogens (primary N) is 2. The summed E-state index contributed by atoms with van der Waals surface area (Å²) >= 11 is 0. The van der Waals surface area contributed by atoms with Gasteiger partial charge in [-0.25, -0.2) is 0 Å². The summed E-state index contributed by atoms with van der Waals surface area (Å²) in [5.74, 6) is -0.756. The molecular formula is C32H55N5O6. The SMILES string of the molecule is CC(C)C(CNC(=O)c1ccccc1OCCN1CCOCC1)CC(N)C(O)CC(C(=O)NCC(C)(C)C(N)=O)C(C)C. The molecule has 43 heavy (non-hydrogen) atoms. The highest BCUT2D eigenvalue weighted by atomic mass is 16.5. The smallest absolute Gasteiger partial charge is 0.255 e. The number of morpholine rings is 1. The zero-order valence-corrected chi connectivity index (χ0v) is 26.9. The van der Waals surface area contributed by atoms with Gasteiger partial charge in [-0.05, 0) is 56.6 Å². The van der Waals surface area contributed by atoms with Crippen molar-refractivity contribution in [3.63, 3.8) is 0 Å². The van der Waals surface area contributed by atoms with Crippen molar-refractivity contribution < 1.29 is 29.0 Å². The fourth-order valence-electron chi connectivity index (χ4n) is 4.95. The number of carbonyl (C=O) groups excluding carboxylic acids is 3. The lowest BCUT2D eigenvalue weighted by atomic mass is 9.83. The third-order valence-corrected chi connectivity index (χ3v) is 8.45. The predicted molar refractivity (Wildman–Crippen MR) is 167 cm³/mol. The van der Waals surface area contributed by atoms with Crippen molar-refractivity contribution in [2.45, 2.75) is 66.5 Å².